The maximum Gasteiger partial charge on any atom is 0.273 e. The number of aryl methyl sites for hydroxylation is 1. The van der Waals surface area contributed by atoms with Crippen LogP contribution in [0.1, 0.15) is 11.1 Å². The maximum absolute atomic E-state index is 13.6. The molecule has 2 heterocycles. The monoisotopic (exact) mass is 450 g/mol. The van der Waals surface area contributed by atoms with E-state index in [-0.39, 0.29) is 12.5 Å². The summed E-state index contributed by atoms with van der Waals surface area (Å²) < 4.78 is 12.8. The second kappa shape index (κ2) is 8.21. The number of thiazole rings is 1. The first kappa shape index (κ1) is 19.8. The molecule has 0 aliphatic carbocycles. The number of para-hydroxylation sites is 2. The fraction of sp³-hybridized carbons (Fsp3) is 0.167. The Kier molecular flexibility index (Phi) is 5.26. The van der Waals surface area contributed by atoms with Crippen molar-refractivity contribution in [3.05, 3.63) is 82.9 Å². The van der Waals surface area contributed by atoms with Gasteiger partial charge in [-0.25, -0.2) is 4.98 Å². The standard InChI is InChI=1S/C24H19ClN2O3S/c1-15-17(25)11-12-21-22(15)26-24(31-21)27(13-16-7-3-2-4-8-16)23(28)20-14-29-18-9-5-6-10-19(18)30-20/h2-12,20H,13-14H2,1H3. The van der Waals surface area contributed by atoms with E-state index in [0.29, 0.717) is 28.2 Å². The number of amides is 1. The zero-order valence-electron chi connectivity index (χ0n) is 16.7. The topological polar surface area (TPSA) is 51.7 Å². The first-order chi connectivity index (χ1) is 15.1. The molecule has 0 N–H and O–H groups in total. The normalized spacial score (nSPS) is 15.1. The number of anilines is 1. The molecular weight excluding hydrogens is 432 g/mol. The summed E-state index contributed by atoms with van der Waals surface area (Å²) in [5.41, 5.74) is 2.71. The van der Waals surface area contributed by atoms with Gasteiger partial charge >= 0.3 is 0 Å². The zero-order chi connectivity index (χ0) is 21.4. The van der Waals surface area contributed by atoms with Gasteiger partial charge in [0.15, 0.2) is 16.6 Å². The third-order valence-corrected chi connectivity index (χ3v) is 6.65. The number of halogens is 1. The average Bonchev–Trinajstić information content (AvgIpc) is 3.25. The van der Waals surface area contributed by atoms with E-state index in [2.05, 4.69) is 0 Å². The highest BCUT2D eigenvalue weighted by Crippen LogP contribution is 2.36. The third-order valence-electron chi connectivity index (χ3n) is 5.20. The predicted molar refractivity (Wildman–Crippen MR) is 123 cm³/mol. The minimum Gasteiger partial charge on any atom is -0.485 e. The van der Waals surface area contributed by atoms with Crippen molar-refractivity contribution in [2.45, 2.75) is 19.6 Å². The van der Waals surface area contributed by atoms with Crippen LogP contribution >= 0.6 is 22.9 Å². The Morgan fingerprint density at radius 2 is 1.84 bits per heavy atom. The molecule has 0 radical (unpaired) electrons. The first-order valence-electron chi connectivity index (χ1n) is 9.89. The highest BCUT2D eigenvalue weighted by atomic mass is 35.5. The molecule has 5 nitrogen and oxygen atoms in total. The Balaban J connectivity index is 1.52. The molecule has 1 aliphatic rings. The molecule has 1 aliphatic heterocycles. The van der Waals surface area contributed by atoms with Crippen molar-refractivity contribution in [3.8, 4) is 11.5 Å². The number of benzene rings is 3. The van der Waals surface area contributed by atoms with Crippen LogP contribution in [0.2, 0.25) is 5.02 Å². The van der Waals surface area contributed by atoms with Crippen molar-refractivity contribution in [1.29, 1.82) is 0 Å². The molecule has 156 valence electrons. The fourth-order valence-corrected chi connectivity index (χ4v) is 4.71. The zero-order valence-corrected chi connectivity index (χ0v) is 18.3. The van der Waals surface area contributed by atoms with Gasteiger partial charge in [-0.15, -0.1) is 0 Å². The molecule has 0 spiro atoms. The van der Waals surface area contributed by atoms with Crippen molar-refractivity contribution < 1.29 is 14.3 Å². The Hall–Kier alpha value is -3.09. The third kappa shape index (κ3) is 3.84. The van der Waals surface area contributed by atoms with Crippen molar-refractivity contribution in [2.75, 3.05) is 11.5 Å². The van der Waals surface area contributed by atoms with Crippen LogP contribution in [0.4, 0.5) is 5.13 Å². The van der Waals surface area contributed by atoms with E-state index in [9.17, 15) is 4.79 Å². The van der Waals surface area contributed by atoms with Gasteiger partial charge in [0.1, 0.15) is 6.61 Å². The smallest absolute Gasteiger partial charge is 0.273 e. The number of aromatic nitrogens is 1. The molecule has 0 saturated heterocycles. The minimum absolute atomic E-state index is 0.150. The number of hydrogen-bond donors (Lipinski definition) is 0. The molecule has 31 heavy (non-hydrogen) atoms. The van der Waals surface area contributed by atoms with E-state index >= 15 is 0 Å². The number of hydrogen-bond acceptors (Lipinski definition) is 5. The summed E-state index contributed by atoms with van der Waals surface area (Å²) in [6.07, 6.45) is -0.754. The van der Waals surface area contributed by atoms with Crippen LogP contribution in [-0.2, 0) is 11.3 Å². The van der Waals surface area contributed by atoms with Crippen molar-refractivity contribution in [1.82, 2.24) is 4.98 Å². The number of nitrogens with zero attached hydrogens (tertiary/aromatic N) is 2. The molecule has 0 bridgehead atoms. The van der Waals surface area contributed by atoms with E-state index in [0.717, 1.165) is 21.3 Å². The summed E-state index contributed by atoms with van der Waals surface area (Å²) in [6.45, 7) is 2.47. The Morgan fingerprint density at radius 3 is 2.65 bits per heavy atom. The SMILES string of the molecule is Cc1c(Cl)ccc2sc(N(Cc3ccccc3)C(=O)C3COc4ccccc4O3)nc12. The lowest BCUT2D eigenvalue weighted by molar-refractivity contribution is -0.127. The molecule has 1 unspecified atom stereocenters. The van der Waals surface area contributed by atoms with Gasteiger partial charge in [-0.2, -0.15) is 0 Å². The maximum atomic E-state index is 13.6. The van der Waals surface area contributed by atoms with Gasteiger partial charge in [-0.05, 0) is 42.3 Å². The van der Waals surface area contributed by atoms with Gasteiger partial charge in [0.05, 0.1) is 16.8 Å². The largest absolute Gasteiger partial charge is 0.485 e. The summed E-state index contributed by atoms with van der Waals surface area (Å²) in [5, 5.41) is 1.27. The molecule has 7 heteroatoms. The lowest BCUT2D eigenvalue weighted by atomic mass is 10.2. The number of ether oxygens (including phenoxy) is 2. The molecular formula is C24H19ClN2O3S. The molecule has 3 aromatic carbocycles. The molecule has 0 fully saturated rings. The second-order valence-electron chi connectivity index (χ2n) is 7.29. The molecule has 5 rings (SSSR count). The second-order valence-corrected chi connectivity index (χ2v) is 8.71. The van der Waals surface area contributed by atoms with E-state index in [1.807, 2.05) is 67.6 Å². The molecule has 1 aromatic heterocycles. The Bertz CT molecular complexity index is 1260. The quantitative estimate of drug-likeness (QED) is 0.404. The summed E-state index contributed by atoms with van der Waals surface area (Å²) in [4.78, 5) is 20.1. The van der Waals surface area contributed by atoms with Gasteiger partial charge in [0, 0.05) is 5.02 Å². The van der Waals surface area contributed by atoms with Crippen LogP contribution in [-0.4, -0.2) is 23.6 Å². The lowest BCUT2D eigenvalue weighted by Gasteiger charge is -2.29. The van der Waals surface area contributed by atoms with Crippen LogP contribution in [0.25, 0.3) is 10.2 Å². The molecule has 0 saturated carbocycles. The first-order valence-corrected chi connectivity index (χ1v) is 11.1. The molecule has 1 amide bonds. The molecule has 1 atom stereocenters. The predicted octanol–water partition coefficient (Wildman–Crippen LogP) is 5.63. The summed E-state index contributed by atoms with van der Waals surface area (Å²) >= 11 is 7.75. The number of carbonyl (C=O) groups excluding carboxylic acids is 1. The van der Waals surface area contributed by atoms with Gasteiger partial charge in [0.25, 0.3) is 5.91 Å². The summed E-state index contributed by atoms with van der Waals surface area (Å²) in [6, 6.07) is 21.0. The highest BCUT2D eigenvalue weighted by molar-refractivity contribution is 7.22. The summed E-state index contributed by atoms with van der Waals surface area (Å²) in [7, 11) is 0. The van der Waals surface area contributed by atoms with Crippen molar-refractivity contribution >= 4 is 44.2 Å². The van der Waals surface area contributed by atoms with E-state index in [4.69, 9.17) is 26.1 Å². The van der Waals surface area contributed by atoms with E-state index < -0.39 is 6.10 Å². The number of fused-ring (bicyclic) bond motifs is 2. The minimum atomic E-state index is -0.754. The number of carbonyl (C=O) groups is 1. The van der Waals surface area contributed by atoms with Gasteiger partial charge < -0.3 is 9.47 Å². The van der Waals surface area contributed by atoms with Crippen molar-refractivity contribution in [2.24, 2.45) is 0 Å². The van der Waals surface area contributed by atoms with Gasteiger partial charge in [-0.3, -0.25) is 9.69 Å². The number of rotatable bonds is 4. The van der Waals surface area contributed by atoms with Crippen LogP contribution < -0.4 is 14.4 Å². The van der Waals surface area contributed by atoms with Gasteiger partial charge in [-0.1, -0.05) is 65.4 Å². The van der Waals surface area contributed by atoms with E-state index in [1.165, 1.54) is 11.3 Å². The van der Waals surface area contributed by atoms with Crippen LogP contribution in [0.15, 0.2) is 66.7 Å². The van der Waals surface area contributed by atoms with Crippen LogP contribution in [0.3, 0.4) is 0 Å². The lowest BCUT2D eigenvalue weighted by Crippen LogP contribution is -2.46. The molecule has 4 aromatic rings. The Labute approximate surface area is 188 Å². The Morgan fingerprint density at radius 1 is 1.10 bits per heavy atom. The van der Waals surface area contributed by atoms with Gasteiger partial charge in [0.2, 0.25) is 6.10 Å². The van der Waals surface area contributed by atoms with Crippen molar-refractivity contribution in [3.63, 3.8) is 0 Å². The summed E-state index contributed by atoms with van der Waals surface area (Å²) in [5.74, 6) is 1.02. The average molecular weight is 451 g/mol. The van der Waals surface area contributed by atoms with Crippen LogP contribution in [0.5, 0.6) is 11.5 Å². The fourth-order valence-electron chi connectivity index (χ4n) is 3.53. The van der Waals surface area contributed by atoms with E-state index in [1.54, 1.807) is 11.0 Å². The van der Waals surface area contributed by atoms with Crippen LogP contribution in [0, 0.1) is 6.92 Å². The highest BCUT2D eigenvalue weighted by Gasteiger charge is 2.33.